The van der Waals surface area contributed by atoms with Crippen molar-refractivity contribution in [2.45, 2.75) is 19.3 Å². The molecule has 23 heavy (non-hydrogen) atoms. The van der Waals surface area contributed by atoms with Gasteiger partial charge in [-0.1, -0.05) is 18.2 Å². The summed E-state index contributed by atoms with van der Waals surface area (Å²) in [4.78, 5) is 26.1. The van der Waals surface area contributed by atoms with Crippen molar-refractivity contribution in [3.8, 4) is 0 Å². The molecule has 0 spiro atoms. The molecular formula is C17H14N2O2S2. The van der Waals surface area contributed by atoms with E-state index in [-0.39, 0.29) is 5.91 Å². The van der Waals surface area contributed by atoms with E-state index >= 15 is 0 Å². The number of nitrogens with one attached hydrogen (secondary N) is 1. The van der Waals surface area contributed by atoms with Crippen LogP contribution in [0.15, 0.2) is 30.3 Å². The second-order valence-electron chi connectivity index (χ2n) is 5.53. The van der Waals surface area contributed by atoms with Crippen LogP contribution in [0.1, 0.15) is 36.9 Å². The minimum absolute atomic E-state index is 0.186. The molecule has 0 bridgehead atoms. The SMILES string of the molecule is NC(=O)c1c(NC(=O)c2cc3ccccc3s2)sc2c1CCC2. The van der Waals surface area contributed by atoms with Crippen molar-refractivity contribution >= 4 is 49.6 Å². The van der Waals surface area contributed by atoms with Crippen molar-refractivity contribution in [1.29, 1.82) is 0 Å². The Bertz CT molecular complexity index is 906. The van der Waals surface area contributed by atoms with Crippen LogP contribution >= 0.6 is 22.7 Å². The van der Waals surface area contributed by atoms with Gasteiger partial charge in [0.15, 0.2) is 0 Å². The molecule has 6 heteroatoms. The fourth-order valence-corrected chi connectivity index (χ4v) is 5.26. The zero-order valence-electron chi connectivity index (χ0n) is 12.2. The Balaban J connectivity index is 1.68. The monoisotopic (exact) mass is 342 g/mol. The van der Waals surface area contributed by atoms with Crippen LogP contribution in [0.3, 0.4) is 0 Å². The van der Waals surface area contributed by atoms with E-state index < -0.39 is 5.91 Å². The number of hydrogen-bond acceptors (Lipinski definition) is 4. The number of fused-ring (bicyclic) bond motifs is 2. The highest BCUT2D eigenvalue weighted by Crippen LogP contribution is 2.39. The molecule has 2 aromatic heterocycles. The summed E-state index contributed by atoms with van der Waals surface area (Å²) in [6.45, 7) is 0. The lowest BCUT2D eigenvalue weighted by atomic mass is 10.1. The Morgan fingerprint density at radius 3 is 2.74 bits per heavy atom. The Morgan fingerprint density at radius 2 is 1.96 bits per heavy atom. The molecule has 0 atom stereocenters. The molecule has 2 heterocycles. The summed E-state index contributed by atoms with van der Waals surface area (Å²) in [6.07, 6.45) is 2.87. The fraction of sp³-hybridized carbons (Fsp3) is 0.176. The Morgan fingerprint density at radius 1 is 1.13 bits per heavy atom. The summed E-state index contributed by atoms with van der Waals surface area (Å²) in [6, 6.07) is 9.75. The van der Waals surface area contributed by atoms with E-state index in [0.717, 1.165) is 34.9 Å². The van der Waals surface area contributed by atoms with Gasteiger partial charge in [-0.3, -0.25) is 9.59 Å². The van der Waals surface area contributed by atoms with Gasteiger partial charge < -0.3 is 11.1 Å². The van der Waals surface area contributed by atoms with Gasteiger partial charge >= 0.3 is 0 Å². The summed E-state index contributed by atoms with van der Waals surface area (Å²) in [7, 11) is 0. The molecule has 0 saturated carbocycles. The molecule has 3 N–H and O–H groups in total. The number of nitrogens with two attached hydrogens (primary N) is 1. The molecule has 0 radical (unpaired) electrons. The van der Waals surface area contributed by atoms with Gasteiger partial charge in [0.1, 0.15) is 5.00 Å². The lowest BCUT2D eigenvalue weighted by Crippen LogP contribution is -2.17. The molecule has 116 valence electrons. The average molecular weight is 342 g/mol. The maximum Gasteiger partial charge on any atom is 0.266 e. The normalized spacial score (nSPS) is 13.2. The lowest BCUT2D eigenvalue weighted by molar-refractivity contribution is 0.100. The number of thiophene rings is 2. The standard InChI is InChI=1S/C17H14N2O2S2/c18-15(20)14-10-5-3-7-12(10)23-17(14)19-16(21)13-8-9-4-1-2-6-11(9)22-13/h1-2,4,6,8H,3,5,7H2,(H2,18,20)(H,19,21). The smallest absolute Gasteiger partial charge is 0.266 e. The topological polar surface area (TPSA) is 72.2 Å². The highest BCUT2D eigenvalue weighted by atomic mass is 32.1. The third-order valence-corrected chi connectivity index (χ3v) is 6.37. The van der Waals surface area contributed by atoms with Gasteiger partial charge in [0.25, 0.3) is 11.8 Å². The molecule has 4 rings (SSSR count). The highest BCUT2D eigenvalue weighted by Gasteiger charge is 2.26. The first kappa shape index (κ1) is 14.4. The minimum atomic E-state index is -0.462. The number of amides is 2. The Labute approximate surface area is 140 Å². The van der Waals surface area contributed by atoms with Gasteiger partial charge in [0.05, 0.1) is 10.4 Å². The number of carbonyl (C=O) groups is 2. The van der Waals surface area contributed by atoms with Crippen LogP contribution in [0.2, 0.25) is 0 Å². The van der Waals surface area contributed by atoms with E-state index in [4.69, 9.17) is 5.73 Å². The minimum Gasteiger partial charge on any atom is -0.365 e. The quantitative estimate of drug-likeness (QED) is 0.760. The summed E-state index contributed by atoms with van der Waals surface area (Å²) < 4.78 is 1.07. The van der Waals surface area contributed by atoms with Crippen molar-refractivity contribution in [1.82, 2.24) is 0 Å². The number of carbonyl (C=O) groups excluding carboxylic acids is 2. The van der Waals surface area contributed by atoms with Crippen molar-refractivity contribution in [3.63, 3.8) is 0 Å². The van der Waals surface area contributed by atoms with E-state index in [0.29, 0.717) is 15.4 Å². The Kier molecular flexibility index (Phi) is 3.43. The molecule has 1 aromatic carbocycles. The van der Waals surface area contributed by atoms with Gasteiger partial charge in [0, 0.05) is 9.58 Å². The number of rotatable bonds is 3. The van der Waals surface area contributed by atoms with Crippen molar-refractivity contribution in [2.24, 2.45) is 5.73 Å². The van der Waals surface area contributed by atoms with Gasteiger partial charge in [-0.2, -0.15) is 0 Å². The van der Waals surface area contributed by atoms with Gasteiger partial charge in [-0.05, 0) is 42.3 Å². The highest BCUT2D eigenvalue weighted by molar-refractivity contribution is 7.21. The van der Waals surface area contributed by atoms with Crippen LogP contribution < -0.4 is 11.1 Å². The number of hydrogen-bond donors (Lipinski definition) is 2. The second kappa shape index (κ2) is 5.47. The maximum absolute atomic E-state index is 12.5. The van der Waals surface area contributed by atoms with Crippen molar-refractivity contribution in [2.75, 3.05) is 5.32 Å². The summed E-state index contributed by atoms with van der Waals surface area (Å²) >= 11 is 2.92. The van der Waals surface area contributed by atoms with Gasteiger partial charge in [-0.25, -0.2) is 0 Å². The zero-order valence-corrected chi connectivity index (χ0v) is 13.9. The molecule has 3 aromatic rings. The van der Waals surface area contributed by atoms with Crippen LogP contribution in [0.4, 0.5) is 5.00 Å². The molecule has 4 nitrogen and oxygen atoms in total. The number of anilines is 1. The molecule has 0 fully saturated rings. The molecule has 0 unspecified atom stereocenters. The van der Waals surface area contributed by atoms with Crippen LogP contribution in [-0.4, -0.2) is 11.8 Å². The fourth-order valence-electron chi connectivity index (χ4n) is 3.01. The van der Waals surface area contributed by atoms with Crippen LogP contribution in [-0.2, 0) is 12.8 Å². The summed E-state index contributed by atoms with van der Waals surface area (Å²) in [5.41, 5.74) is 7.05. The maximum atomic E-state index is 12.5. The first-order valence-electron chi connectivity index (χ1n) is 7.38. The van der Waals surface area contributed by atoms with E-state index in [2.05, 4.69) is 5.32 Å². The van der Waals surface area contributed by atoms with Crippen LogP contribution in [0.25, 0.3) is 10.1 Å². The number of aryl methyl sites for hydroxylation is 1. The molecule has 1 aliphatic rings. The van der Waals surface area contributed by atoms with E-state index in [1.165, 1.54) is 27.6 Å². The van der Waals surface area contributed by atoms with Gasteiger partial charge in [0.2, 0.25) is 0 Å². The molecule has 0 saturated heterocycles. The largest absolute Gasteiger partial charge is 0.365 e. The van der Waals surface area contributed by atoms with Crippen molar-refractivity contribution in [3.05, 3.63) is 51.2 Å². The third-order valence-electron chi connectivity index (χ3n) is 4.04. The summed E-state index contributed by atoms with van der Waals surface area (Å²) in [5, 5.41) is 4.52. The first-order chi connectivity index (χ1) is 11.1. The van der Waals surface area contributed by atoms with Crippen LogP contribution in [0, 0.1) is 0 Å². The number of primary amides is 1. The summed E-state index contributed by atoms with van der Waals surface area (Å²) in [5.74, 6) is -0.648. The molecule has 1 aliphatic carbocycles. The average Bonchev–Trinajstić information content (AvgIpc) is 3.19. The number of benzene rings is 1. The predicted octanol–water partition coefficient (Wildman–Crippen LogP) is 3.80. The van der Waals surface area contributed by atoms with E-state index in [9.17, 15) is 9.59 Å². The zero-order chi connectivity index (χ0) is 16.0. The van der Waals surface area contributed by atoms with Crippen molar-refractivity contribution < 1.29 is 9.59 Å². The molecule has 0 aliphatic heterocycles. The first-order valence-corrected chi connectivity index (χ1v) is 9.01. The molecule has 2 amide bonds. The second-order valence-corrected chi connectivity index (χ2v) is 7.72. The van der Waals surface area contributed by atoms with E-state index in [1.807, 2.05) is 30.3 Å². The van der Waals surface area contributed by atoms with Crippen LogP contribution in [0.5, 0.6) is 0 Å². The Hall–Kier alpha value is -2.18. The van der Waals surface area contributed by atoms with E-state index in [1.54, 1.807) is 0 Å². The third kappa shape index (κ3) is 2.44. The molecular weight excluding hydrogens is 328 g/mol. The predicted molar refractivity (Wildman–Crippen MR) is 94.6 cm³/mol. The lowest BCUT2D eigenvalue weighted by Gasteiger charge is -2.04. The van der Waals surface area contributed by atoms with Gasteiger partial charge in [-0.15, -0.1) is 22.7 Å².